The predicted molar refractivity (Wildman–Crippen MR) is 90.5 cm³/mol. The number of hydrogen-bond donors (Lipinski definition) is 3. The fourth-order valence-corrected chi connectivity index (χ4v) is 3.36. The van der Waals surface area contributed by atoms with Gasteiger partial charge < -0.3 is 20.9 Å². The number of rotatable bonds is 6. The van der Waals surface area contributed by atoms with E-state index in [1.807, 2.05) is 5.38 Å². The number of hydrogen-bond acceptors (Lipinski definition) is 5. The van der Waals surface area contributed by atoms with Gasteiger partial charge in [-0.15, -0.1) is 11.3 Å². The Morgan fingerprint density at radius 1 is 1.50 bits per heavy atom. The lowest BCUT2D eigenvalue weighted by Gasteiger charge is -2.34. The molecular formula is C15H23N5O3S. The first-order chi connectivity index (χ1) is 11.5. The summed E-state index contributed by atoms with van der Waals surface area (Å²) in [7, 11) is 1.50. The molecule has 2 rings (SSSR count). The number of nitrogens with zero attached hydrogens (tertiary/aromatic N) is 2. The average Bonchev–Trinajstić information content (AvgIpc) is 3.02. The van der Waals surface area contributed by atoms with E-state index < -0.39 is 6.04 Å². The maximum absolute atomic E-state index is 12.4. The molecule has 1 aliphatic rings. The number of carbonyl (C=O) groups is 3. The Kier molecular flexibility index (Phi) is 6.53. The van der Waals surface area contributed by atoms with Crippen molar-refractivity contribution in [2.24, 2.45) is 0 Å². The quantitative estimate of drug-likeness (QED) is 0.682. The fraction of sp³-hybridized carbons (Fsp3) is 0.600. The van der Waals surface area contributed by atoms with Crippen LogP contribution in [-0.4, -0.2) is 53.9 Å². The van der Waals surface area contributed by atoms with E-state index in [0.29, 0.717) is 19.6 Å². The fourth-order valence-electron chi connectivity index (χ4n) is 2.46. The highest BCUT2D eigenvalue weighted by molar-refractivity contribution is 7.09. The van der Waals surface area contributed by atoms with Crippen LogP contribution in [0.1, 0.15) is 30.5 Å². The molecule has 1 atom stereocenters. The van der Waals surface area contributed by atoms with Crippen molar-refractivity contribution in [2.45, 2.75) is 38.8 Å². The first kappa shape index (κ1) is 18.2. The van der Waals surface area contributed by atoms with Crippen LogP contribution in [0.25, 0.3) is 0 Å². The minimum atomic E-state index is -0.787. The molecule has 1 unspecified atom stereocenters. The molecule has 4 amide bonds. The van der Waals surface area contributed by atoms with Gasteiger partial charge in [0.15, 0.2) is 0 Å². The Hall–Kier alpha value is -2.16. The number of thiazole rings is 1. The van der Waals surface area contributed by atoms with E-state index in [0.717, 1.165) is 23.5 Å². The van der Waals surface area contributed by atoms with Crippen molar-refractivity contribution in [2.75, 3.05) is 20.1 Å². The molecule has 132 valence electrons. The maximum Gasteiger partial charge on any atom is 0.318 e. The number of urea groups is 1. The van der Waals surface area contributed by atoms with Gasteiger partial charge >= 0.3 is 6.03 Å². The Balaban J connectivity index is 1.94. The molecule has 1 aromatic rings. The zero-order valence-corrected chi connectivity index (χ0v) is 14.7. The molecule has 9 heteroatoms. The second kappa shape index (κ2) is 8.62. The van der Waals surface area contributed by atoms with E-state index in [-0.39, 0.29) is 24.3 Å². The summed E-state index contributed by atoms with van der Waals surface area (Å²) in [5, 5.41) is 10.9. The average molecular weight is 353 g/mol. The molecule has 1 aromatic heterocycles. The molecule has 0 saturated carbocycles. The number of piperazine rings is 1. The van der Waals surface area contributed by atoms with Crippen LogP contribution < -0.4 is 16.0 Å². The standard InChI is InChI=1S/C15H23N5O3S/c1-3-4-13-19-10(9-24-13)8-18-15(23)20-6-5-17-14(22)11(20)7-12(21)16-2/h9,11H,3-8H2,1-2H3,(H,16,21)(H,17,22)(H,18,23). The Morgan fingerprint density at radius 2 is 2.29 bits per heavy atom. The van der Waals surface area contributed by atoms with Gasteiger partial charge in [-0.3, -0.25) is 9.59 Å². The highest BCUT2D eigenvalue weighted by Gasteiger charge is 2.34. The number of amides is 4. The number of nitrogens with one attached hydrogen (secondary N) is 3. The Bertz CT molecular complexity index is 604. The molecule has 0 aliphatic carbocycles. The van der Waals surface area contributed by atoms with Crippen LogP contribution in [-0.2, 0) is 22.6 Å². The predicted octanol–water partition coefficient (Wildman–Crippen LogP) is 0.242. The normalized spacial score (nSPS) is 17.3. The molecule has 8 nitrogen and oxygen atoms in total. The van der Waals surface area contributed by atoms with Crippen LogP contribution in [0, 0.1) is 0 Å². The molecule has 0 spiro atoms. The van der Waals surface area contributed by atoms with Crippen molar-refractivity contribution < 1.29 is 14.4 Å². The van der Waals surface area contributed by atoms with Crippen molar-refractivity contribution in [3.8, 4) is 0 Å². The third-order valence-electron chi connectivity index (χ3n) is 3.73. The van der Waals surface area contributed by atoms with Gasteiger partial charge in [-0.2, -0.15) is 0 Å². The van der Waals surface area contributed by atoms with Gasteiger partial charge in [-0.25, -0.2) is 9.78 Å². The van der Waals surface area contributed by atoms with Gasteiger partial charge in [0.2, 0.25) is 11.8 Å². The molecule has 1 saturated heterocycles. The third-order valence-corrected chi connectivity index (χ3v) is 4.69. The molecule has 24 heavy (non-hydrogen) atoms. The van der Waals surface area contributed by atoms with Gasteiger partial charge in [0.25, 0.3) is 0 Å². The van der Waals surface area contributed by atoms with Gasteiger partial charge in [-0.05, 0) is 12.8 Å². The summed E-state index contributed by atoms with van der Waals surface area (Å²) >= 11 is 1.58. The molecule has 0 radical (unpaired) electrons. The van der Waals surface area contributed by atoms with E-state index in [9.17, 15) is 14.4 Å². The van der Waals surface area contributed by atoms with Crippen LogP contribution in [0.2, 0.25) is 0 Å². The van der Waals surface area contributed by atoms with Crippen molar-refractivity contribution in [3.05, 3.63) is 16.1 Å². The summed E-state index contributed by atoms with van der Waals surface area (Å²) in [6.07, 6.45) is 1.91. The summed E-state index contributed by atoms with van der Waals surface area (Å²) in [6.45, 7) is 3.16. The summed E-state index contributed by atoms with van der Waals surface area (Å²) in [4.78, 5) is 41.8. The van der Waals surface area contributed by atoms with Crippen LogP contribution in [0.5, 0.6) is 0 Å². The molecule has 1 aliphatic heterocycles. The second-order valence-electron chi connectivity index (χ2n) is 5.52. The molecule has 3 N–H and O–H groups in total. The van der Waals surface area contributed by atoms with E-state index in [4.69, 9.17) is 0 Å². The third kappa shape index (κ3) is 4.67. The molecule has 0 bridgehead atoms. The smallest absolute Gasteiger partial charge is 0.318 e. The SMILES string of the molecule is CCCc1nc(CNC(=O)N2CCNC(=O)C2CC(=O)NC)cs1. The van der Waals surface area contributed by atoms with Gasteiger partial charge in [0, 0.05) is 25.5 Å². The van der Waals surface area contributed by atoms with Crippen LogP contribution >= 0.6 is 11.3 Å². The van der Waals surface area contributed by atoms with Gasteiger partial charge in [0.05, 0.1) is 23.7 Å². The minimum absolute atomic E-state index is 0.0485. The van der Waals surface area contributed by atoms with E-state index in [2.05, 4.69) is 27.9 Å². The Morgan fingerprint density at radius 3 is 3.00 bits per heavy atom. The maximum atomic E-state index is 12.4. The molecule has 0 aromatic carbocycles. The lowest BCUT2D eigenvalue weighted by atomic mass is 10.1. The first-order valence-corrected chi connectivity index (χ1v) is 8.89. The zero-order chi connectivity index (χ0) is 17.5. The lowest BCUT2D eigenvalue weighted by Crippen LogP contribution is -2.60. The minimum Gasteiger partial charge on any atom is -0.359 e. The lowest BCUT2D eigenvalue weighted by molar-refractivity contribution is -0.132. The Labute approximate surface area is 145 Å². The van der Waals surface area contributed by atoms with Gasteiger partial charge in [0.1, 0.15) is 6.04 Å². The number of aromatic nitrogens is 1. The van der Waals surface area contributed by atoms with Crippen LogP contribution in [0.3, 0.4) is 0 Å². The van der Waals surface area contributed by atoms with E-state index in [1.54, 1.807) is 11.3 Å². The number of carbonyl (C=O) groups excluding carboxylic acids is 3. The molecule has 1 fully saturated rings. The van der Waals surface area contributed by atoms with Crippen molar-refractivity contribution in [3.63, 3.8) is 0 Å². The number of aryl methyl sites for hydroxylation is 1. The topological polar surface area (TPSA) is 103 Å². The van der Waals surface area contributed by atoms with E-state index in [1.165, 1.54) is 11.9 Å². The monoisotopic (exact) mass is 353 g/mol. The summed E-state index contributed by atoms with van der Waals surface area (Å²) in [5.74, 6) is -0.586. The van der Waals surface area contributed by atoms with Gasteiger partial charge in [-0.1, -0.05) is 6.92 Å². The molecule has 2 heterocycles. The van der Waals surface area contributed by atoms with Crippen molar-refractivity contribution >= 4 is 29.2 Å². The van der Waals surface area contributed by atoms with Crippen molar-refractivity contribution in [1.29, 1.82) is 0 Å². The highest BCUT2D eigenvalue weighted by atomic mass is 32.1. The second-order valence-corrected chi connectivity index (χ2v) is 6.46. The highest BCUT2D eigenvalue weighted by Crippen LogP contribution is 2.13. The molecular weight excluding hydrogens is 330 g/mol. The summed E-state index contributed by atoms with van der Waals surface area (Å²) in [6, 6.07) is -1.14. The van der Waals surface area contributed by atoms with E-state index >= 15 is 0 Å². The first-order valence-electron chi connectivity index (χ1n) is 8.01. The zero-order valence-electron chi connectivity index (χ0n) is 13.9. The largest absolute Gasteiger partial charge is 0.359 e. The van der Waals surface area contributed by atoms with Crippen LogP contribution in [0.15, 0.2) is 5.38 Å². The van der Waals surface area contributed by atoms with Crippen molar-refractivity contribution in [1.82, 2.24) is 25.8 Å². The summed E-state index contributed by atoms with van der Waals surface area (Å²) in [5.41, 5.74) is 0.807. The summed E-state index contributed by atoms with van der Waals surface area (Å²) < 4.78 is 0. The van der Waals surface area contributed by atoms with Crippen LogP contribution in [0.4, 0.5) is 4.79 Å².